The van der Waals surface area contributed by atoms with Gasteiger partial charge in [0.1, 0.15) is 6.04 Å². The monoisotopic (exact) mass is 600 g/mol. The van der Waals surface area contributed by atoms with Crippen molar-refractivity contribution < 1.29 is 19.2 Å². The first-order valence-corrected chi connectivity index (χ1v) is 14.0. The van der Waals surface area contributed by atoms with Crippen LogP contribution in [0.3, 0.4) is 0 Å². The smallest absolute Gasteiger partial charge is 0.240 e. The van der Waals surface area contributed by atoms with Crippen LogP contribution in [-0.4, -0.2) is 40.4 Å². The van der Waals surface area contributed by atoms with Gasteiger partial charge in [-0.05, 0) is 24.3 Å². The molecule has 3 aliphatic rings. The molecule has 2 saturated heterocycles. The quantitative estimate of drug-likeness (QED) is 0.221. The van der Waals surface area contributed by atoms with Crippen LogP contribution in [-0.2, 0) is 9.59 Å². The van der Waals surface area contributed by atoms with Gasteiger partial charge in [0.2, 0.25) is 11.8 Å². The van der Waals surface area contributed by atoms with Gasteiger partial charge in [0, 0.05) is 44.2 Å². The highest BCUT2D eigenvalue weighted by Gasteiger charge is 2.63. The van der Waals surface area contributed by atoms with Crippen LogP contribution in [0.4, 0.5) is 5.69 Å². The van der Waals surface area contributed by atoms with Gasteiger partial charge < -0.3 is 4.90 Å². The lowest BCUT2D eigenvalue weighted by Gasteiger charge is -2.33. The predicted molar refractivity (Wildman–Crippen MR) is 157 cm³/mol. The number of rotatable bonds is 5. The summed E-state index contributed by atoms with van der Waals surface area (Å²) in [6, 6.07) is 29.2. The molecule has 0 bridgehead atoms. The second-order valence-corrected chi connectivity index (χ2v) is 11.2. The molecule has 41 heavy (non-hydrogen) atoms. The van der Waals surface area contributed by atoms with Crippen molar-refractivity contribution in [3.8, 4) is 0 Å². The maximum absolute atomic E-state index is 14.2. The maximum atomic E-state index is 14.2. The topological polar surface area (TPSA) is 74.8 Å². The second-order valence-electron chi connectivity index (χ2n) is 10.3. The molecular weight excluding hydrogens is 580 g/mol. The van der Waals surface area contributed by atoms with Gasteiger partial charge in [-0.15, -0.1) is 0 Å². The lowest BCUT2D eigenvalue weighted by Crippen LogP contribution is -2.46. The number of fused-ring (bicyclic) bond motifs is 4. The molecule has 3 heterocycles. The van der Waals surface area contributed by atoms with E-state index in [1.807, 2.05) is 30.3 Å². The Morgan fingerprint density at radius 1 is 0.805 bits per heavy atom. The van der Waals surface area contributed by atoms with Gasteiger partial charge in [-0.1, -0.05) is 94.8 Å². The van der Waals surface area contributed by atoms with Crippen LogP contribution < -0.4 is 4.90 Å². The number of allylic oxidation sites excluding steroid dienone is 2. The normalized spacial score (nSPS) is 22.8. The Morgan fingerprint density at radius 3 is 2.29 bits per heavy atom. The van der Waals surface area contributed by atoms with E-state index in [1.165, 1.54) is 4.90 Å². The van der Waals surface area contributed by atoms with E-state index >= 15 is 0 Å². The van der Waals surface area contributed by atoms with Crippen molar-refractivity contribution in [2.24, 2.45) is 11.8 Å². The molecule has 7 heteroatoms. The van der Waals surface area contributed by atoms with E-state index < -0.39 is 35.7 Å². The van der Waals surface area contributed by atoms with Crippen LogP contribution >= 0.6 is 15.9 Å². The Morgan fingerprint density at radius 2 is 1.51 bits per heavy atom. The number of hydrogen-bond acceptors (Lipinski definition) is 5. The minimum absolute atomic E-state index is 0.187. The van der Waals surface area contributed by atoms with Crippen molar-refractivity contribution in [3.63, 3.8) is 0 Å². The molecular formula is C34H21BrN2O4. The summed E-state index contributed by atoms with van der Waals surface area (Å²) in [7, 11) is 0. The first kappa shape index (κ1) is 25.2. The number of hydrogen-bond donors (Lipinski definition) is 0. The molecule has 2 fully saturated rings. The molecule has 0 aromatic heterocycles. The Hall–Kier alpha value is -4.80. The summed E-state index contributed by atoms with van der Waals surface area (Å²) in [5.41, 5.74) is 1.79. The van der Waals surface area contributed by atoms with Crippen LogP contribution in [0.2, 0.25) is 0 Å². The highest BCUT2D eigenvalue weighted by Crippen LogP contribution is 2.48. The number of Topliss-reactive ketones (excluding diaryl/α,β-unsaturated/α-hetero) is 2. The van der Waals surface area contributed by atoms with Gasteiger partial charge in [0.25, 0.3) is 0 Å². The number of imide groups is 1. The van der Waals surface area contributed by atoms with Gasteiger partial charge in [0.15, 0.2) is 11.6 Å². The van der Waals surface area contributed by atoms with E-state index in [0.717, 1.165) is 9.86 Å². The summed E-state index contributed by atoms with van der Waals surface area (Å²) in [5, 5.41) is 1.42. The van der Waals surface area contributed by atoms with Crippen molar-refractivity contribution in [1.82, 2.24) is 4.90 Å². The molecule has 3 aliphatic heterocycles. The lowest BCUT2D eigenvalue weighted by molar-refractivity contribution is -0.123. The fourth-order valence-corrected chi connectivity index (χ4v) is 6.50. The third kappa shape index (κ3) is 3.94. The van der Waals surface area contributed by atoms with Gasteiger partial charge in [-0.3, -0.25) is 19.2 Å². The van der Waals surface area contributed by atoms with Crippen molar-refractivity contribution in [2.75, 3.05) is 4.90 Å². The number of nitrogens with zero attached hydrogens (tertiary/aromatic N) is 2. The third-order valence-electron chi connectivity index (χ3n) is 8.10. The second kappa shape index (κ2) is 9.69. The highest BCUT2D eigenvalue weighted by molar-refractivity contribution is 9.10. The summed E-state index contributed by atoms with van der Waals surface area (Å²) in [4.78, 5) is 58.7. The molecule has 6 nitrogen and oxygen atoms in total. The largest absolute Gasteiger partial charge is 0.359 e. The van der Waals surface area contributed by atoms with E-state index in [0.29, 0.717) is 27.8 Å². The Bertz CT molecular complexity index is 1810. The number of amides is 2. The fourth-order valence-electron chi connectivity index (χ4n) is 6.24. The van der Waals surface area contributed by atoms with Crippen molar-refractivity contribution in [1.29, 1.82) is 0 Å². The summed E-state index contributed by atoms with van der Waals surface area (Å²) in [5.74, 6) is -3.06. The zero-order valence-electron chi connectivity index (χ0n) is 21.5. The summed E-state index contributed by atoms with van der Waals surface area (Å²) in [6.45, 7) is 0. The summed E-state index contributed by atoms with van der Waals surface area (Å²) >= 11 is 3.41. The molecule has 0 spiro atoms. The van der Waals surface area contributed by atoms with Gasteiger partial charge in [0.05, 0.1) is 23.6 Å². The predicted octanol–water partition coefficient (Wildman–Crippen LogP) is 5.58. The number of halogens is 1. The van der Waals surface area contributed by atoms with Crippen LogP contribution in [0.15, 0.2) is 113 Å². The zero-order valence-corrected chi connectivity index (χ0v) is 23.1. The molecule has 0 radical (unpaired) electrons. The highest BCUT2D eigenvalue weighted by atomic mass is 79.9. The van der Waals surface area contributed by atoms with Gasteiger partial charge in [-0.2, -0.15) is 0 Å². The molecule has 0 saturated carbocycles. The molecule has 0 N–H and O–H groups in total. The number of carbonyl (C=O) groups is 4. The van der Waals surface area contributed by atoms with Crippen LogP contribution in [0.5, 0.6) is 0 Å². The Kier molecular flexibility index (Phi) is 5.95. The molecule has 2 amide bonds. The van der Waals surface area contributed by atoms with Gasteiger partial charge >= 0.3 is 0 Å². The average Bonchev–Trinajstić information content (AvgIpc) is 3.48. The number of ketones is 2. The molecule has 4 aromatic rings. The summed E-state index contributed by atoms with van der Waals surface area (Å²) in [6.07, 6.45) is 5.09. The number of benzene rings is 3. The molecule has 0 aliphatic carbocycles. The first-order valence-electron chi connectivity index (χ1n) is 13.2. The third-order valence-corrected chi connectivity index (χ3v) is 8.63. The number of carbonyl (C=O) groups excluding carboxylic acids is 4. The van der Waals surface area contributed by atoms with Crippen molar-refractivity contribution >= 4 is 55.8 Å². The standard InChI is InChI=1S/C34H21BrN2O4/c35-24-15-13-22(14-16-24)32(39)30-29-28(27-19-23(17-18-36(27)30)31(38)21-8-2-1-3-9-21)33(40)37(34(29)41)26-12-6-10-20-7-4-5-11-25(20)26/h1-5,7-9,11-19,27-30H/t27-,28+,29+,30+/m1/s1. The van der Waals surface area contributed by atoms with E-state index in [2.05, 4.69) is 28.1 Å². The number of anilines is 1. The zero-order chi connectivity index (χ0) is 28.2. The first-order chi connectivity index (χ1) is 19.9. The molecule has 198 valence electrons. The Balaban J connectivity index is 1.34. The molecule has 7 rings (SSSR count). The average molecular weight is 601 g/mol. The molecule has 0 unspecified atom stereocenters. The van der Waals surface area contributed by atoms with Crippen molar-refractivity contribution in [2.45, 2.75) is 12.1 Å². The van der Waals surface area contributed by atoms with Gasteiger partial charge in [-0.25, -0.2) is 4.90 Å². The van der Waals surface area contributed by atoms with E-state index in [4.69, 9.17) is 0 Å². The SMILES string of the molecule is O=C(C1=C[C@@H]2[C@@H]3C(=O)N(c4cc#cc5ccccc45)C(=O)[C@@H]3[C@@H](C(=O)c3ccc(Br)cc3)N2C=C1)c1ccccc1. The van der Waals surface area contributed by atoms with Crippen LogP contribution in [0.25, 0.3) is 10.8 Å². The van der Waals surface area contributed by atoms with Crippen LogP contribution in [0.1, 0.15) is 20.7 Å². The molecule has 4 aromatic carbocycles. The van der Waals surface area contributed by atoms with Crippen molar-refractivity contribution in [3.05, 3.63) is 137 Å². The lowest BCUT2D eigenvalue weighted by atomic mass is 9.85. The molecule has 4 atom stereocenters. The minimum atomic E-state index is -0.932. The summed E-state index contributed by atoms with van der Waals surface area (Å²) < 4.78 is 0.823. The maximum Gasteiger partial charge on any atom is 0.240 e. The van der Waals surface area contributed by atoms with E-state index in [1.54, 1.807) is 77.8 Å². The Labute approximate surface area is 244 Å². The fraction of sp³-hybridized carbons (Fsp3) is 0.118. The van der Waals surface area contributed by atoms with E-state index in [-0.39, 0.29) is 11.6 Å². The van der Waals surface area contributed by atoms with E-state index in [9.17, 15) is 19.2 Å². The van der Waals surface area contributed by atoms with Crippen LogP contribution in [0, 0.1) is 24.0 Å². The minimum Gasteiger partial charge on any atom is -0.359 e.